The van der Waals surface area contributed by atoms with Gasteiger partial charge in [0.1, 0.15) is 5.75 Å². The lowest BCUT2D eigenvalue weighted by Gasteiger charge is -2.27. The molecule has 0 saturated carbocycles. The van der Waals surface area contributed by atoms with Gasteiger partial charge in [-0.2, -0.15) is 0 Å². The topological polar surface area (TPSA) is 66.0 Å². The van der Waals surface area contributed by atoms with Crippen LogP contribution in [0.25, 0.3) is 0 Å². The highest BCUT2D eigenvalue weighted by Crippen LogP contribution is 2.25. The van der Waals surface area contributed by atoms with E-state index in [0.717, 1.165) is 16.9 Å². The number of carbonyl (C=O) groups excluding carboxylic acids is 1. The Kier molecular flexibility index (Phi) is 10.7. The number of halogens is 1. The largest absolute Gasteiger partial charge is 0.497 e. The number of guanidine groups is 1. The molecule has 0 saturated heterocycles. The quantitative estimate of drug-likeness (QED) is 0.316. The average molecular weight is 524 g/mol. The number of likely N-dealkylation sites (N-methyl/N-ethyl adjacent to an activating group) is 1. The van der Waals surface area contributed by atoms with E-state index in [0.29, 0.717) is 19.0 Å². The third kappa shape index (κ3) is 8.22. The Labute approximate surface area is 197 Å². The minimum Gasteiger partial charge on any atom is -0.497 e. The summed E-state index contributed by atoms with van der Waals surface area (Å²) in [6, 6.07) is 18.1. The first-order chi connectivity index (χ1) is 13.8. The number of nitrogens with one attached hydrogen (secondary N) is 2. The van der Waals surface area contributed by atoms with Gasteiger partial charge in [-0.15, -0.1) is 24.0 Å². The summed E-state index contributed by atoms with van der Waals surface area (Å²) in [5.74, 6) is 1.44. The highest BCUT2D eigenvalue weighted by molar-refractivity contribution is 14.0. The molecule has 0 unspecified atom stereocenters. The van der Waals surface area contributed by atoms with Gasteiger partial charge in [0.15, 0.2) is 5.96 Å². The summed E-state index contributed by atoms with van der Waals surface area (Å²) in [6.07, 6.45) is 0. The maximum Gasteiger partial charge on any atom is 0.241 e. The van der Waals surface area contributed by atoms with Crippen LogP contribution >= 0.6 is 24.0 Å². The van der Waals surface area contributed by atoms with Gasteiger partial charge in [0, 0.05) is 26.1 Å². The highest BCUT2D eigenvalue weighted by Gasteiger charge is 2.21. The Morgan fingerprint density at radius 2 is 1.77 bits per heavy atom. The molecule has 164 valence electrons. The van der Waals surface area contributed by atoms with Gasteiger partial charge in [0.25, 0.3) is 0 Å². The molecule has 0 bridgehead atoms. The first-order valence-electron chi connectivity index (χ1n) is 9.72. The monoisotopic (exact) mass is 524 g/mol. The van der Waals surface area contributed by atoms with E-state index in [-0.39, 0.29) is 41.8 Å². The minimum atomic E-state index is -0.157. The van der Waals surface area contributed by atoms with Crippen LogP contribution in [0.5, 0.6) is 5.75 Å². The predicted molar refractivity (Wildman–Crippen MR) is 134 cm³/mol. The number of benzene rings is 2. The number of nitrogens with zero attached hydrogens (tertiary/aromatic N) is 2. The molecule has 0 spiro atoms. The number of methoxy groups -OCH3 is 1. The van der Waals surface area contributed by atoms with Gasteiger partial charge >= 0.3 is 0 Å². The Morgan fingerprint density at radius 1 is 1.07 bits per heavy atom. The molecule has 2 rings (SSSR count). The molecule has 0 atom stereocenters. The van der Waals surface area contributed by atoms with Crippen LogP contribution in [0.2, 0.25) is 0 Å². The SMILES string of the molecule is COc1cccc(C(C)(C)CNC(=NCc2ccccc2)NCC(=O)N(C)C)c1.I. The van der Waals surface area contributed by atoms with Gasteiger partial charge in [-0.25, -0.2) is 4.99 Å². The third-order valence-corrected chi connectivity index (χ3v) is 4.72. The molecule has 0 aromatic heterocycles. The second kappa shape index (κ2) is 12.4. The molecular weight excluding hydrogens is 491 g/mol. The molecule has 2 aromatic rings. The summed E-state index contributed by atoms with van der Waals surface area (Å²) in [5, 5.41) is 6.53. The van der Waals surface area contributed by atoms with Gasteiger partial charge in [0.05, 0.1) is 20.2 Å². The number of carbonyl (C=O) groups is 1. The van der Waals surface area contributed by atoms with E-state index in [1.54, 1.807) is 26.1 Å². The van der Waals surface area contributed by atoms with Crippen molar-refractivity contribution in [2.45, 2.75) is 25.8 Å². The molecule has 0 aliphatic rings. The van der Waals surface area contributed by atoms with Gasteiger partial charge in [-0.05, 0) is 23.3 Å². The lowest BCUT2D eigenvalue weighted by atomic mass is 9.84. The molecule has 0 heterocycles. The third-order valence-electron chi connectivity index (χ3n) is 4.72. The zero-order valence-electron chi connectivity index (χ0n) is 18.4. The van der Waals surface area contributed by atoms with E-state index in [9.17, 15) is 4.79 Å². The molecule has 0 fully saturated rings. The van der Waals surface area contributed by atoms with Crippen molar-refractivity contribution >= 4 is 35.8 Å². The standard InChI is InChI=1S/C23H32N4O2.HI/c1-23(2,19-12-9-13-20(14-19)29-5)17-26-22(25-16-21(28)27(3)4)24-15-18-10-7-6-8-11-18;/h6-14H,15-17H2,1-5H3,(H2,24,25,26);1H. The molecule has 0 aliphatic heterocycles. The number of hydrogen-bond acceptors (Lipinski definition) is 3. The summed E-state index contributed by atoms with van der Waals surface area (Å²) in [5.41, 5.74) is 2.12. The molecule has 6 nitrogen and oxygen atoms in total. The van der Waals surface area contributed by atoms with Crippen LogP contribution in [0, 0.1) is 0 Å². The second-order valence-electron chi connectivity index (χ2n) is 7.76. The molecular formula is C23H33IN4O2. The Morgan fingerprint density at radius 3 is 2.40 bits per heavy atom. The van der Waals surface area contributed by atoms with E-state index in [4.69, 9.17) is 4.74 Å². The van der Waals surface area contributed by atoms with E-state index in [1.165, 1.54) is 0 Å². The Balaban J connectivity index is 0.00000450. The van der Waals surface area contributed by atoms with Crippen LogP contribution in [0.3, 0.4) is 0 Å². The molecule has 0 aliphatic carbocycles. The van der Waals surface area contributed by atoms with E-state index >= 15 is 0 Å². The highest BCUT2D eigenvalue weighted by atomic mass is 127. The van der Waals surface area contributed by atoms with Gasteiger partial charge in [0.2, 0.25) is 5.91 Å². The smallest absolute Gasteiger partial charge is 0.241 e. The summed E-state index contributed by atoms with van der Waals surface area (Å²) in [4.78, 5) is 18.2. The summed E-state index contributed by atoms with van der Waals surface area (Å²) >= 11 is 0. The molecule has 7 heteroatoms. The number of rotatable bonds is 8. The van der Waals surface area contributed by atoms with E-state index in [2.05, 4.69) is 35.5 Å². The molecule has 2 aromatic carbocycles. The van der Waals surface area contributed by atoms with Crippen molar-refractivity contribution in [1.29, 1.82) is 0 Å². The van der Waals surface area contributed by atoms with Crippen molar-refractivity contribution in [2.24, 2.45) is 4.99 Å². The predicted octanol–water partition coefficient (Wildman–Crippen LogP) is 3.41. The number of ether oxygens (including phenoxy) is 1. The fraction of sp³-hybridized carbons (Fsp3) is 0.391. The molecule has 1 amide bonds. The zero-order valence-corrected chi connectivity index (χ0v) is 20.8. The summed E-state index contributed by atoms with van der Waals surface area (Å²) in [7, 11) is 5.15. The number of hydrogen-bond donors (Lipinski definition) is 2. The first kappa shape index (κ1) is 25.7. The second-order valence-corrected chi connectivity index (χ2v) is 7.76. The van der Waals surface area contributed by atoms with Crippen molar-refractivity contribution in [3.8, 4) is 5.75 Å². The van der Waals surface area contributed by atoms with Crippen LogP contribution < -0.4 is 15.4 Å². The van der Waals surface area contributed by atoms with Crippen molar-refractivity contribution in [2.75, 3.05) is 34.3 Å². The van der Waals surface area contributed by atoms with Gasteiger partial charge in [-0.1, -0.05) is 56.3 Å². The Hall–Kier alpha value is -2.29. The van der Waals surface area contributed by atoms with E-state index in [1.807, 2.05) is 48.5 Å². The summed E-state index contributed by atoms with van der Waals surface area (Å²) < 4.78 is 5.35. The maximum atomic E-state index is 12.0. The van der Waals surface area contributed by atoms with Crippen molar-refractivity contribution in [3.05, 3.63) is 65.7 Å². The minimum absolute atomic E-state index is 0. The zero-order chi connectivity index (χ0) is 21.3. The van der Waals surface area contributed by atoms with Crippen LogP contribution in [-0.4, -0.2) is 51.1 Å². The fourth-order valence-corrected chi connectivity index (χ4v) is 2.70. The van der Waals surface area contributed by atoms with Crippen LogP contribution in [-0.2, 0) is 16.8 Å². The first-order valence-corrected chi connectivity index (χ1v) is 9.72. The Bertz CT molecular complexity index is 823. The van der Waals surface area contributed by atoms with Crippen molar-refractivity contribution in [1.82, 2.24) is 15.5 Å². The van der Waals surface area contributed by atoms with Crippen LogP contribution in [0.15, 0.2) is 59.6 Å². The lowest BCUT2D eigenvalue weighted by molar-refractivity contribution is -0.127. The van der Waals surface area contributed by atoms with Crippen LogP contribution in [0.4, 0.5) is 0 Å². The van der Waals surface area contributed by atoms with E-state index < -0.39 is 0 Å². The molecule has 30 heavy (non-hydrogen) atoms. The van der Waals surface area contributed by atoms with Crippen LogP contribution in [0.1, 0.15) is 25.0 Å². The van der Waals surface area contributed by atoms with Gasteiger partial charge < -0.3 is 20.3 Å². The molecule has 2 N–H and O–H groups in total. The number of amides is 1. The lowest BCUT2D eigenvalue weighted by Crippen LogP contribution is -2.46. The summed E-state index contributed by atoms with van der Waals surface area (Å²) in [6.45, 7) is 5.69. The van der Waals surface area contributed by atoms with Crippen molar-refractivity contribution < 1.29 is 9.53 Å². The molecule has 0 radical (unpaired) electrons. The normalized spacial score (nSPS) is 11.3. The van der Waals surface area contributed by atoms with Gasteiger partial charge in [-0.3, -0.25) is 4.79 Å². The number of aliphatic imine (C=N–C) groups is 1. The fourth-order valence-electron chi connectivity index (χ4n) is 2.70. The maximum absolute atomic E-state index is 12.0. The van der Waals surface area contributed by atoms with Crippen molar-refractivity contribution in [3.63, 3.8) is 0 Å². The average Bonchev–Trinajstić information content (AvgIpc) is 2.73.